The highest BCUT2D eigenvalue weighted by Crippen LogP contribution is 2.69. The second-order valence-corrected chi connectivity index (χ2v) is 10.3. The van der Waals surface area contributed by atoms with E-state index in [1.165, 1.54) is 6.07 Å². The molecule has 0 heterocycles. The van der Waals surface area contributed by atoms with Gasteiger partial charge in [0.25, 0.3) is 0 Å². The third-order valence-corrected chi connectivity index (χ3v) is 8.54. The van der Waals surface area contributed by atoms with Gasteiger partial charge in [0.05, 0.1) is 13.2 Å². The molecule has 0 saturated heterocycles. The van der Waals surface area contributed by atoms with Crippen LogP contribution in [-0.4, -0.2) is 24.3 Å². The molecule has 6 heteroatoms. The Balaban J connectivity index is 1.93. The molecule has 4 rings (SSSR count). The summed E-state index contributed by atoms with van der Waals surface area (Å²) in [5, 5.41) is 10.4. The second kappa shape index (κ2) is 11.0. The van der Waals surface area contributed by atoms with Crippen LogP contribution in [0.2, 0.25) is 0 Å². The summed E-state index contributed by atoms with van der Waals surface area (Å²) in [7, 11) is -2.53. The molecule has 0 fully saturated rings. The molecule has 0 bridgehead atoms. The van der Waals surface area contributed by atoms with Crippen molar-refractivity contribution in [2.45, 2.75) is 28.5 Å². The maximum atomic E-state index is 13.5. The fourth-order valence-corrected chi connectivity index (χ4v) is 6.76. The van der Waals surface area contributed by atoms with Crippen molar-refractivity contribution in [1.82, 2.24) is 0 Å². The molecule has 180 valence electrons. The summed E-state index contributed by atoms with van der Waals surface area (Å²) in [5.74, 6) is 0.731. The number of carbonyl (C=O) groups excluding carboxylic acids is 1. The number of para-hydroxylation sites is 1. The van der Waals surface area contributed by atoms with Gasteiger partial charge in [0.2, 0.25) is 0 Å². The van der Waals surface area contributed by atoms with Gasteiger partial charge in [-0.25, -0.2) is 4.79 Å². The first kappa shape index (κ1) is 24.2. The minimum absolute atomic E-state index is 0.108. The first-order valence-corrected chi connectivity index (χ1v) is 13.0. The number of benzene rings is 4. The number of phenols is 1. The van der Waals surface area contributed by atoms with E-state index in [1.807, 2.05) is 92.7 Å². The standard InChI is InChI=1S/C29H28O5S/c1-3-32-22-14-18-25(19-15-22)35(24-10-6-5-7-11-24,26-20-16-23(17-21-26)33-4-2)34-29(31)27-12-8-9-13-28(27)30/h5-21,30H,3-4H2,1-2H3. The highest BCUT2D eigenvalue weighted by molar-refractivity contribution is 8.30. The Morgan fingerprint density at radius 3 is 1.60 bits per heavy atom. The van der Waals surface area contributed by atoms with Crippen LogP contribution in [0, 0.1) is 0 Å². The molecule has 0 saturated carbocycles. The fraction of sp³-hybridized carbons (Fsp3) is 0.138. The molecule has 35 heavy (non-hydrogen) atoms. The summed E-state index contributed by atoms with van der Waals surface area (Å²) in [6.07, 6.45) is 0. The number of hydrogen-bond acceptors (Lipinski definition) is 5. The molecule has 0 amide bonds. The smallest absolute Gasteiger partial charge is 0.353 e. The molecule has 0 unspecified atom stereocenters. The summed E-state index contributed by atoms with van der Waals surface area (Å²) in [6.45, 7) is 4.97. The lowest BCUT2D eigenvalue weighted by Crippen LogP contribution is -2.14. The average molecular weight is 489 g/mol. The van der Waals surface area contributed by atoms with Gasteiger partial charge in [0.15, 0.2) is 0 Å². The topological polar surface area (TPSA) is 65.0 Å². The van der Waals surface area contributed by atoms with Crippen LogP contribution in [0.5, 0.6) is 17.2 Å². The van der Waals surface area contributed by atoms with Crippen LogP contribution in [0.15, 0.2) is 118 Å². The zero-order chi connectivity index (χ0) is 24.7. The lowest BCUT2D eigenvalue weighted by atomic mass is 10.2. The quantitative estimate of drug-likeness (QED) is 0.269. The van der Waals surface area contributed by atoms with Gasteiger partial charge >= 0.3 is 5.97 Å². The average Bonchev–Trinajstić information content (AvgIpc) is 2.89. The van der Waals surface area contributed by atoms with Crippen molar-refractivity contribution in [2.75, 3.05) is 13.2 Å². The van der Waals surface area contributed by atoms with Gasteiger partial charge in [-0.05, 0) is 97.0 Å². The van der Waals surface area contributed by atoms with Crippen molar-refractivity contribution in [3.8, 4) is 17.2 Å². The summed E-state index contributed by atoms with van der Waals surface area (Å²) in [6, 6.07) is 31.3. The van der Waals surface area contributed by atoms with E-state index in [4.69, 9.17) is 13.7 Å². The van der Waals surface area contributed by atoms with Crippen LogP contribution in [0.3, 0.4) is 0 Å². The van der Waals surface area contributed by atoms with E-state index in [-0.39, 0.29) is 11.3 Å². The largest absolute Gasteiger partial charge is 0.507 e. The minimum atomic E-state index is -2.53. The second-order valence-electron chi connectivity index (χ2n) is 7.57. The molecule has 0 spiro atoms. The molecular formula is C29H28O5S. The zero-order valence-corrected chi connectivity index (χ0v) is 20.5. The minimum Gasteiger partial charge on any atom is -0.507 e. The van der Waals surface area contributed by atoms with Gasteiger partial charge in [-0.15, -0.1) is 0 Å². The van der Waals surface area contributed by atoms with Crippen molar-refractivity contribution < 1.29 is 23.6 Å². The number of aromatic hydroxyl groups is 1. The van der Waals surface area contributed by atoms with Gasteiger partial charge in [-0.1, -0.05) is 30.3 Å². The summed E-state index contributed by atoms with van der Waals surface area (Å²) in [5.41, 5.74) is 0.108. The Morgan fingerprint density at radius 1 is 0.657 bits per heavy atom. The molecule has 1 N–H and O–H groups in total. The molecular weight excluding hydrogens is 460 g/mol. The number of phenolic OH excluding ortho intramolecular Hbond substituents is 1. The van der Waals surface area contributed by atoms with Crippen molar-refractivity contribution in [2.24, 2.45) is 0 Å². The van der Waals surface area contributed by atoms with Crippen LogP contribution in [-0.2, 0) is 4.18 Å². The molecule has 0 aliphatic heterocycles. The van der Waals surface area contributed by atoms with Gasteiger partial charge in [-0.3, -0.25) is 0 Å². The van der Waals surface area contributed by atoms with E-state index in [2.05, 4.69) is 0 Å². The van der Waals surface area contributed by atoms with E-state index in [0.717, 1.165) is 26.2 Å². The Hall–Kier alpha value is -3.90. The zero-order valence-electron chi connectivity index (χ0n) is 19.7. The summed E-state index contributed by atoms with van der Waals surface area (Å²) in [4.78, 5) is 16.0. The Kier molecular flexibility index (Phi) is 7.63. The molecule has 5 nitrogen and oxygen atoms in total. The Morgan fingerprint density at radius 2 is 1.11 bits per heavy atom. The van der Waals surface area contributed by atoms with Crippen LogP contribution < -0.4 is 9.47 Å². The van der Waals surface area contributed by atoms with Crippen LogP contribution in [0.1, 0.15) is 24.2 Å². The first-order valence-electron chi connectivity index (χ1n) is 11.4. The third kappa shape index (κ3) is 5.12. The number of ether oxygens (including phenoxy) is 2. The number of rotatable bonds is 9. The predicted octanol–water partition coefficient (Wildman–Crippen LogP) is 7.24. The monoisotopic (exact) mass is 488 g/mol. The van der Waals surface area contributed by atoms with E-state index < -0.39 is 16.3 Å². The molecule has 4 aromatic carbocycles. The van der Waals surface area contributed by atoms with Crippen LogP contribution in [0.4, 0.5) is 0 Å². The highest BCUT2D eigenvalue weighted by Gasteiger charge is 2.36. The fourth-order valence-electron chi connectivity index (χ4n) is 3.76. The van der Waals surface area contributed by atoms with Crippen molar-refractivity contribution >= 4 is 16.3 Å². The number of hydrogen-bond donors (Lipinski definition) is 1. The lowest BCUT2D eigenvalue weighted by Gasteiger charge is -2.40. The maximum Gasteiger partial charge on any atom is 0.353 e. The van der Waals surface area contributed by atoms with E-state index in [9.17, 15) is 9.90 Å². The van der Waals surface area contributed by atoms with Crippen LogP contribution in [0.25, 0.3) is 0 Å². The van der Waals surface area contributed by atoms with E-state index in [0.29, 0.717) is 13.2 Å². The van der Waals surface area contributed by atoms with E-state index in [1.54, 1.807) is 18.2 Å². The summed E-state index contributed by atoms with van der Waals surface area (Å²) < 4.78 is 17.8. The predicted molar refractivity (Wildman–Crippen MR) is 138 cm³/mol. The van der Waals surface area contributed by atoms with Crippen molar-refractivity contribution in [3.63, 3.8) is 0 Å². The molecule has 0 aliphatic carbocycles. The van der Waals surface area contributed by atoms with Crippen LogP contribution >= 0.6 is 10.3 Å². The molecule has 0 aliphatic rings. The van der Waals surface area contributed by atoms with Gasteiger partial charge in [0.1, 0.15) is 22.8 Å². The highest BCUT2D eigenvalue weighted by atomic mass is 32.3. The SMILES string of the molecule is CCOc1ccc(S(OC(=O)c2ccccc2O)(c2ccccc2)c2ccc(OCC)cc2)cc1. The first-order chi connectivity index (χ1) is 17.1. The summed E-state index contributed by atoms with van der Waals surface area (Å²) >= 11 is 0. The molecule has 4 aromatic rings. The maximum absolute atomic E-state index is 13.5. The molecule has 0 aromatic heterocycles. The normalized spacial score (nSPS) is 11.5. The Labute approximate surface area is 207 Å². The van der Waals surface area contributed by atoms with Gasteiger partial charge in [-0.2, -0.15) is 0 Å². The molecule has 0 radical (unpaired) electrons. The molecule has 0 atom stereocenters. The van der Waals surface area contributed by atoms with E-state index >= 15 is 0 Å². The van der Waals surface area contributed by atoms with Gasteiger partial charge < -0.3 is 18.8 Å². The van der Waals surface area contributed by atoms with Crippen molar-refractivity contribution in [1.29, 1.82) is 0 Å². The van der Waals surface area contributed by atoms with Crippen molar-refractivity contribution in [3.05, 3.63) is 109 Å². The Bertz CT molecular complexity index is 1210. The van der Waals surface area contributed by atoms with Gasteiger partial charge in [0, 0.05) is 14.7 Å². The lowest BCUT2D eigenvalue weighted by molar-refractivity contribution is 0.0754. The number of carbonyl (C=O) groups is 1. The third-order valence-electron chi connectivity index (χ3n) is 5.33.